The summed E-state index contributed by atoms with van der Waals surface area (Å²) < 4.78 is 16.1. The largest absolute Gasteiger partial charge is 0.497 e. The normalized spacial score (nSPS) is 20.5. The van der Waals surface area contributed by atoms with Gasteiger partial charge in [0.2, 0.25) is 0 Å². The monoisotopic (exact) mass is 208 g/mol. The molecule has 1 atom stereocenters. The first-order valence-electron chi connectivity index (χ1n) is 5.24. The first kappa shape index (κ1) is 10.5. The van der Waals surface area contributed by atoms with E-state index in [2.05, 4.69) is 0 Å². The standard InChI is InChI=1S/C12H16O3/c1-13-11-6-4-10(5-7-11)9-15-12-3-2-8-14-12/h4-7,12H,2-3,8-9H2,1H3. The van der Waals surface area contributed by atoms with Crippen LogP contribution in [-0.4, -0.2) is 20.0 Å². The molecule has 0 bridgehead atoms. The van der Waals surface area contributed by atoms with Gasteiger partial charge in [0.1, 0.15) is 5.75 Å². The van der Waals surface area contributed by atoms with Crippen molar-refractivity contribution in [2.75, 3.05) is 13.7 Å². The van der Waals surface area contributed by atoms with E-state index < -0.39 is 0 Å². The van der Waals surface area contributed by atoms with E-state index in [0.29, 0.717) is 6.61 Å². The Morgan fingerprint density at radius 3 is 2.73 bits per heavy atom. The van der Waals surface area contributed by atoms with Gasteiger partial charge in [-0.1, -0.05) is 12.1 Å². The maximum atomic E-state index is 5.60. The minimum atomic E-state index is -0.00731. The molecule has 1 heterocycles. The molecule has 0 aromatic heterocycles. The summed E-state index contributed by atoms with van der Waals surface area (Å²) in [6, 6.07) is 7.89. The number of ether oxygens (including phenoxy) is 3. The van der Waals surface area contributed by atoms with Crippen LogP contribution in [0.1, 0.15) is 18.4 Å². The molecule has 1 aliphatic rings. The van der Waals surface area contributed by atoms with Crippen LogP contribution in [0.2, 0.25) is 0 Å². The molecule has 0 saturated carbocycles. The molecule has 0 amide bonds. The quantitative estimate of drug-likeness (QED) is 0.760. The Morgan fingerprint density at radius 1 is 1.33 bits per heavy atom. The van der Waals surface area contributed by atoms with Crippen molar-refractivity contribution in [3.63, 3.8) is 0 Å². The first-order chi connectivity index (χ1) is 7.38. The lowest BCUT2D eigenvalue weighted by molar-refractivity contribution is -0.118. The van der Waals surface area contributed by atoms with Gasteiger partial charge in [-0.2, -0.15) is 0 Å². The lowest BCUT2D eigenvalue weighted by Crippen LogP contribution is -2.09. The molecule has 3 nitrogen and oxygen atoms in total. The van der Waals surface area contributed by atoms with Crippen molar-refractivity contribution in [1.29, 1.82) is 0 Å². The van der Waals surface area contributed by atoms with Crippen LogP contribution in [0.3, 0.4) is 0 Å². The molecule has 1 saturated heterocycles. The molecule has 1 aromatic rings. The molecule has 1 aliphatic heterocycles. The summed E-state index contributed by atoms with van der Waals surface area (Å²) in [6.45, 7) is 1.43. The SMILES string of the molecule is COc1ccc(COC2CCCO2)cc1. The smallest absolute Gasteiger partial charge is 0.158 e. The summed E-state index contributed by atoms with van der Waals surface area (Å²) in [5, 5.41) is 0. The van der Waals surface area contributed by atoms with Crippen LogP contribution in [0, 0.1) is 0 Å². The Labute approximate surface area is 90.0 Å². The number of benzene rings is 1. The predicted octanol–water partition coefficient (Wildman–Crippen LogP) is 2.35. The molecule has 0 radical (unpaired) electrons. The van der Waals surface area contributed by atoms with Gasteiger partial charge in [-0.3, -0.25) is 0 Å². The summed E-state index contributed by atoms with van der Waals surface area (Å²) >= 11 is 0. The molecule has 1 fully saturated rings. The summed E-state index contributed by atoms with van der Waals surface area (Å²) in [5.74, 6) is 0.871. The van der Waals surface area contributed by atoms with E-state index in [1.807, 2.05) is 24.3 Å². The molecule has 3 heteroatoms. The van der Waals surface area contributed by atoms with Gasteiger partial charge in [-0.25, -0.2) is 0 Å². The number of rotatable bonds is 4. The summed E-state index contributed by atoms with van der Waals surface area (Å²) in [6.07, 6.45) is 2.11. The van der Waals surface area contributed by atoms with Gasteiger partial charge in [0.05, 0.1) is 13.7 Å². The minimum absolute atomic E-state index is 0.00731. The number of methoxy groups -OCH3 is 1. The van der Waals surface area contributed by atoms with Gasteiger partial charge in [0, 0.05) is 13.0 Å². The first-order valence-corrected chi connectivity index (χ1v) is 5.24. The van der Waals surface area contributed by atoms with Crippen LogP contribution < -0.4 is 4.74 Å². The molecule has 1 unspecified atom stereocenters. The second-order valence-corrected chi connectivity index (χ2v) is 3.60. The second kappa shape index (κ2) is 5.14. The van der Waals surface area contributed by atoms with Crippen LogP contribution in [0.4, 0.5) is 0 Å². The summed E-state index contributed by atoms with van der Waals surface area (Å²) in [7, 11) is 1.66. The zero-order valence-electron chi connectivity index (χ0n) is 8.94. The van der Waals surface area contributed by atoms with Crippen LogP contribution in [0.5, 0.6) is 5.75 Å². The van der Waals surface area contributed by atoms with Gasteiger partial charge in [-0.05, 0) is 24.1 Å². The molecule has 1 aromatic carbocycles. The second-order valence-electron chi connectivity index (χ2n) is 3.60. The topological polar surface area (TPSA) is 27.7 Å². The molecule has 2 rings (SSSR count). The van der Waals surface area contributed by atoms with Crippen molar-refractivity contribution >= 4 is 0 Å². The van der Waals surface area contributed by atoms with Crippen molar-refractivity contribution in [3.05, 3.63) is 29.8 Å². The Bertz CT molecular complexity index is 288. The molecular weight excluding hydrogens is 192 g/mol. The van der Waals surface area contributed by atoms with E-state index >= 15 is 0 Å². The summed E-state index contributed by atoms with van der Waals surface area (Å²) in [4.78, 5) is 0. The molecular formula is C12H16O3. The fraction of sp³-hybridized carbons (Fsp3) is 0.500. The van der Waals surface area contributed by atoms with Gasteiger partial charge in [0.25, 0.3) is 0 Å². The molecule has 15 heavy (non-hydrogen) atoms. The number of hydrogen-bond acceptors (Lipinski definition) is 3. The summed E-state index contributed by atoms with van der Waals surface area (Å²) in [5.41, 5.74) is 1.14. The molecule has 0 spiro atoms. The third-order valence-electron chi connectivity index (χ3n) is 2.48. The van der Waals surface area contributed by atoms with E-state index in [-0.39, 0.29) is 6.29 Å². The lowest BCUT2D eigenvalue weighted by atomic mass is 10.2. The van der Waals surface area contributed by atoms with E-state index in [0.717, 1.165) is 30.8 Å². The maximum Gasteiger partial charge on any atom is 0.158 e. The Morgan fingerprint density at radius 2 is 2.13 bits per heavy atom. The number of hydrogen-bond donors (Lipinski definition) is 0. The zero-order valence-corrected chi connectivity index (χ0v) is 8.94. The Hall–Kier alpha value is -1.06. The van der Waals surface area contributed by atoms with E-state index in [9.17, 15) is 0 Å². The fourth-order valence-electron chi connectivity index (χ4n) is 1.59. The highest BCUT2D eigenvalue weighted by molar-refractivity contribution is 5.26. The van der Waals surface area contributed by atoms with Gasteiger partial charge >= 0.3 is 0 Å². The van der Waals surface area contributed by atoms with Gasteiger partial charge < -0.3 is 14.2 Å². The van der Waals surface area contributed by atoms with Crippen LogP contribution in [0.25, 0.3) is 0 Å². The Kier molecular flexibility index (Phi) is 3.59. The van der Waals surface area contributed by atoms with E-state index in [1.165, 1.54) is 0 Å². The maximum absolute atomic E-state index is 5.60. The van der Waals surface area contributed by atoms with Crippen molar-refractivity contribution in [2.45, 2.75) is 25.7 Å². The third kappa shape index (κ3) is 2.94. The highest BCUT2D eigenvalue weighted by Gasteiger charge is 2.15. The van der Waals surface area contributed by atoms with Crippen LogP contribution in [-0.2, 0) is 16.1 Å². The average Bonchev–Trinajstić information content (AvgIpc) is 2.80. The van der Waals surface area contributed by atoms with Crippen molar-refractivity contribution in [2.24, 2.45) is 0 Å². The van der Waals surface area contributed by atoms with Gasteiger partial charge in [0.15, 0.2) is 6.29 Å². The van der Waals surface area contributed by atoms with E-state index in [4.69, 9.17) is 14.2 Å². The zero-order chi connectivity index (χ0) is 10.5. The Balaban J connectivity index is 1.82. The third-order valence-corrected chi connectivity index (χ3v) is 2.48. The van der Waals surface area contributed by atoms with Crippen LogP contribution in [0.15, 0.2) is 24.3 Å². The van der Waals surface area contributed by atoms with Crippen molar-refractivity contribution in [1.82, 2.24) is 0 Å². The molecule has 82 valence electrons. The molecule has 0 N–H and O–H groups in total. The van der Waals surface area contributed by atoms with Crippen molar-refractivity contribution < 1.29 is 14.2 Å². The molecule has 0 aliphatic carbocycles. The van der Waals surface area contributed by atoms with Crippen LogP contribution >= 0.6 is 0 Å². The van der Waals surface area contributed by atoms with E-state index in [1.54, 1.807) is 7.11 Å². The fourth-order valence-corrected chi connectivity index (χ4v) is 1.59. The highest BCUT2D eigenvalue weighted by atomic mass is 16.7. The van der Waals surface area contributed by atoms with Gasteiger partial charge in [-0.15, -0.1) is 0 Å². The minimum Gasteiger partial charge on any atom is -0.497 e. The lowest BCUT2D eigenvalue weighted by Gasteiger charge is -2.10. The van der Waals surface area contributed by atoms with Crippen molar-refractivity contribution in [3.8, 4) is 5.75 Å². The predicted molar refractivity (Wildman–Crippen MR) is 56.8 cm³/mol. The average molecular weight is 208 g/mol. The highest BCUT2D eigenvalue weighted by Crippen LogP contribution is 2.16.